The summed E-state index contributed by atoms with van der Waals surface area (Å²) in [4.78, 5) is 18.4. The largest absolute Gasteiger partial charge is 0.516 e. The molecule has 0 bridgehead atoms. The first-order valence-corrected chi connectivity index (χ1v) is 7.26. The Morgan fingerprint density at radius 2 is 0.684 bits per heavy atom. The minimum atomic E-state index is -1.81. The second kappa shape index (κ2) is 13.2. The lowest BCUT2D eigenvalue weighted by molar-refractivity contribution is 0.0802. The summed E-state index contributed by atoms with van der Waals surface area (Å²) in [6, 6.07) is 0. The summed E-state index contributed by atoms with van der Waals surface area (Å²) in [5, 5.41) is 15.0. The summed E-state index contributed by atoms with van der Waals surface area (Å²) in [5.41, 5.74) is 0. The Hall–Kier alpha value is -1.26. The van der Waals surface area contributed by atoms with Gasteiger partial charge in [-0.2, -0.15) is 0 Å². The summed E-state index contributed by atoms with van der Waals surface area (Å²) < 4.78 is 3.08. The van der Waals surface area contributed by atoms with Crippen molar-refractivity contribution in [2.75, 3.05) is 0 Å². The van der Waals surface area contributed by atoms with Crippen LogP contribution in [0.25, 0.3) is 0 Å². The molecule has 0 aromatic carbocycles. The van der Waals surface area contributed by atoms with Crippen molar-refractivity contribution in [2.45, 2.75) is 77.0 Å². The molecular weight excluding hydrogens is 248 g/mol. The quantitative estimate of drug-likeness (QED) is 0.477. The molecule has 0 unspecified atom stereocenters. The molecule has 0 spiro atoms. The van der Waals surface area contributed by atoms with Gasteiger partial charge in [-0.05, 0) is 0 Å². The highest BCUT2D eigenvalue weighted by Crippen LogP contribution is 2.15. The molecule has 0 aromatic heterocycles. The zero-order valence-electron chi connectivity index (χ0n) is 11.6. The molecule has 0 aromatic rings. The second-order valence-electron chi connectivity index (χ2n) is 4.88. The SMILES string of the molecule is C1CCCCC1.C1CCCCC1.O=C(O)OC(=O)O. The van der Waals surface area contributed by atoms with Gasteiger partial charge in [-0.15, -0.1) is 0 Å². The van der Waals surface area contributed by atoms with E-state index in [1.807, 2.05) is 0 Å². The maximum atomic E-state index is 9.21. The monoisotopic (exact) mass is 274 g/mol. The van der Waals surface area contributed by atoms with Crippen LogP contribution >= 0.6 is 0 Å². The van der Waals surface area contributed by atoms with Crippen LogP contribution in [0.4, 0.5) is 9.59 Å². The third-order valence-corrected chi connectivity index (χ3v) is 3.17. The molecule has 112 valence electrons. The van der Waals surface area contributed by atoms with Crippen molar-refractivity contribution >= 4 is 12.3 Å². The summed E-state index contributed by atoms with van der Waals surface area (Å²) in [5.74, 6) is 0. The molecule has 2 rings (SSSR count). The van der Waals surface area contributed by atoms with E-state index in [1.54, 1.807) is 0 Å². The maximum Gasteiger partial charge on any atom is 0.516 e. The normalized spacial score (nSPS) is 17.9. The Morgan fingerprint density at radius 1 is 0.526 bits per heavy atom. The van der Waals surface area contributed by atoms with E-state index in [0.29, 0.717) is 0 Å². The van der Waals surface area contributed by atoms with Gasteiger partial charge in [-0.3, -0.25) is 0 Å². The molecule has 0 amide bonds. The molecule has 0 saturated heterocycles. The molecule has 0 radical (unpaired) electrons. The molecule has 0 atom stereocenters. The first-order chi connectivity index (χ1) is 9.13. The van der Waals surface area contributed by atoms with Crippen LogP contribution < -0.4 is 0 Å². The first-order valence-electron chi connectivity index (χ1n) is 7.26. The zero-order chi connectivity index (χ0) is 14.3. The van der Waals surface area contributed by atoms with Gasteiger partial charge in [0.2, 0.25) is 0 Å². The summed E-state index contributed by atoms with van der Waals surface area (Å²) in [6.45, 7) is 0. The molecule has 0 heterocycles. The highest BCUT2D eigenvalue weighted by atomic mass is 16.7. The number of ether oxygens (including phenoxy) is 1. The Balaban J connectivity index is 0.000000256. The van der Waals surface area contributed by atoms with E-state index < -0.39 is 12.3 Å². The Kier molecular flexibility index (Phi) is 12.3. The molecular formula is C14H26O5. The van der Waals surface area contributed by atoms with Crippen LogP contribution in [0, 0.1) is 0 Å². The number of carboxylic acid groups (broad SMARTS) is 2. The molecule has 5 nitrogen and oxygen atoms in total. The fraction of sp³-hybridized carbons (Fsp3) is 0.857. The molecule has 2 aliphatic rings. The van der Waals surface area contributed by atoms with E-state index in [-0.39, 0.29) is 0 Å². The zero-order valence-corrected chi connectivity index (χ0v) is 11.6. The van der Waals surface area contributed by atoms with E-state index in [9.17, 15) is 9.59 Å². The van der Waals surface area contributed by atoms with Gasteiger partial charge < -0.3 is 14.9 Å². The van der Waals surface area contributed by atoms with Gasteiger partial charge in [0.1, 0.15) is 0 Å². The Labute approximate surface area is 115 Å². The third-order valence-electron chi connectivity index (χ3n) is 3.17. The lowest BCUT2D eigenvalue weighted by Gasteiger charge is -2.05. The van der Waals surface area contributed by atoms with Crippen molar-refractivity contribution in [1.82, 2.24) is 0 Å². The van der Waals surface area contributed by atoms with E-state index >= 15 is 0 Å². The van der Waals surface area contributed by atoms with Crippen molar-refractivity contribution in [3.05, 3.63) is 0 Å². The van der Waals surface area contributed by atoms with Crippen molar-refractivity contribution < 1.29 is 24.5 Å². The average molecular weight is 274 g/mol. The van der Waals surface area contributed by atoms with E-state index in [4.69, 9.17) is 10.2 Å². The fourth-order valence-corrected chi connectivity index (χ4v) is 2.20. The molecule has 0 aliphatic heterocycles. The lowest BCUT2D eigenvalue weighted by atomic mass is 10.0. The highest BCUT2D eigenvalue weighted by Gasteiger charge is 2.01. The van der Waals surface area contributed by atoms with Gasteiger partial charge in [0.05, 0.1) is 0 Å². The smallest absolute Gasteiger partial charge is 0.449 e. The first kappa shape index (κ1) is 17.7. The Bertz CT molecular complexity index is 185. The van der Waals surface area contributed by atoms with Crippen molar-refractivity contribution in [2.24, 2.45) is 0 Å². The lowest BCUT2D eigenvalue weighted by Crippen LogP contribution is -2.05. The van der Waals surface area contributed by atoms with Gasteiger partial charge >= 0.3 is 12.3 Å². The van der Waals surface area contributed by atoms with Crippen LogP contribution in [0.15, 0.2) is 0 Å². The highest BCUT2D eigenvalue weighted by molar-refractivity contribution is 5.74. The van der Waals surface area contributed by atoms with Gasteiger partial charge in [-0.25, -0.2) is 9.59 Å². The van der Waals surface area contributed by atoms with Crippen LogP contribution in [-0.2, 0) is 4.74 Å². The van der Waals surface area contributed by atoms with Crippen LogP contribution in [0.1, 0.15) is 77.0 Å². The van der Waals surface area contributed by atoms with E-state index in [1.165, 1.54) is 77.0 Å². The average Bonchev–Trinajstić information content (AvgIpc) is 2.42. The molecule has 2 N–H and O–H groups in total. The van der Waals surface area contributed by atoms with Crippen LogP contribution in [0.3, 0.4) is 0 Å². The predicted molar refractivity (Wildman–Crippen MR) is 72.5 cm³/mol. The topological polar surface area (TPSA) is 83.8 Å². The standard InChI is InChI=1S/2C6H12.C2H2O5/c2*1-2-4-6-5-3-1;3-1(4)7-2(5)6/h2*1-6H2;(H,3,4)(H,5,6). The maximum absolute atomic E-state index is 9.21. The molecule has 5 heteroatoms. The van der Waals surface area contributed by atoms with Gasteiger partial charge in [0.25, 0.3) is 0 Å². The molecule has 19 heavy (non-hydrogen) atoms. The van der Waals surface area contributed by atoms with Crippen LogP contribution in [-0.4, -0.2) is 22.5 Å². The van der Waals surface area contributed by atoms with Crippen LogP contribution in [0.5, 0.6) is 0 Å². The minimum absolute atomic E-state index is 1.50. The number of hydrogen-bond acceptors (Lipinski definition) is 3. The van der Waals surface area contributed by atoms with E-state index in [2.05, 4.69) is 4.74 Å². The summed E-state index contributed by atoms with van der Waals surface area (Å²) >= 11 is 0. The van der Waals surface area contributed by atoms with Crippen molar-refractivity contribution in [3.63, 3.8) is 0 Å². The minimum Gasteiger partial charge on any atom is -0.449 e. The number of hydrogen-bond donors (Lipinski definition) is 2. The Morgan fingerprint density at radius 3 is 0.737 bits per heavy atom. The second-order valence-corrected chi connectivity index (χ2v) is 4.88. The fourth-order valence-electron chi connectivity index (χ4n) is 2.20. The number of carbonyl (C=O) groups is 2. The van der Waals surface area contributed by atoms with Gasteiger partial charge in [0, 0.05) is 0 Å². The van der Waals surface area contributed by atoms with Gasteiger partial charge in [0.15, 0.2) is 0 Å². The molecule has 2 saturated carbocycles. The summed E-state index contributed by atoms with van der Waals surface area (Å²) in [6.07, 6.45) is 14.4. The molecule has 2 aliphatic carbocycles. The third kappa shape index (κ3) is 16.7. The number of rotatable bonds is 0. The molecule has 2 fully saturated rings. The van der Waals surface area contributed by atoms with Gasteiger partial charge in [-0.1, -0.05) is 77.0 Å². The van der Waals surface area contributed by atoms with Crippen LogP contribution in [0.2, 0.25) is 0 Å². The van der Waals surface area contributed by atoms with E-state index in [0.717, 1.165) is 0 Å². The van der Waals surface area contributed by atoms with Crippen molar-refractivity contribution in [1.29, 1.82) is 0 Å². The summed E-state index contributed by atoms with van der Waals surface area (Å²) in [7, 11) is 0. The van der Waals surface area contributed by atoms with Crippen molar-refractivity contribution in [3.8, 4) is 0 Å². The predicted octanol–water partition coefficient (Wildman–Crippen LogP) is 5.04.